The minimum absolute atomic E-state index is 0.342. The Hall–Kier alpha value is -2.38. The quantitative estimate of drug-likeness (QED) is 0.687. The lowest BCUT2D eigenvalue weighted by Crippen LogP contribution is -2.14. The van der Waals surface area contributed by atoms with Gasteiger partial charge in [-0.15, -0.1) is 0 Å². The molecule has 0 bridgehead atoms. The van der Waals surface area contributed by atoms with E-state index in [1.54, 1.807) is 24.3 Å². The van der Waals surface area contributed by atoms with Crippen molar-refractivity contribution in [3.63, 3.8) is 0 Å². The number of hydrogen-bond acceptors (Lipinski definition) is 3. The molecule has 0 unspecified atom stereocenters. The van der Waals surface area contributed by atoms with Gasteiger partial charge in [0.1, 0.15) is 0 Å². The van der Waals surface area contributed by atoms with Crippen LogP contribution in [0, 0.1) is 11.6 Å². The highest BCUT2D eigenvalue weighted by atomic mass is 32.2. The molecule has 0 saturated carbocycles. The lowest BCUT2D eigenvalue weighted by Gasteiger charge is -2.12. The van der Waals surface area contributed by atoms with Crippen LogP contribution in [0.15, 0.2) is 87.5 Å². The molecule has 0 fully saturated rings. The van der Waals surface area contributed by atoms with Crippen molar-refractivity contribution in [2.75, 3.05) is 4.72 Å². The van der Waals surface area contributed by atoms with E-state index in [4.69, 9.17) is 0 Å². The Kier molecular flexibility index (Phi) is 5.06. The largest absolute Gasteiger partial charge is 0.278 e. The molecule has 128 valence electrons. The average Bonchev–Trinajstić information content (AvgIpc) is 2.60. The fourth-order valence-electron chi connectivity index (χ4n) is 2.10. The second-order valence-corrected chi connectivity index (χ2v) is 7.89. The Morgan fingerprint density at radius 3 is 2.20 bits per heavy atom. The molecule has 0 radical (unpaired) electrons. The first-order valence-electron chi connectivity index (χ1n) is 7.25. The monoisotopic (exact) mass is 377 g/mol. The summed E-state index contributed by atoms with van der Waals surface area (Å²) in [6.07, 6.45) is 0. The van der Waals surface area contributed by atoms with Gasteiger partial charge >= 0.3 is 0 Å². The third-order valence-electron chi connectivity index (χ3n) is 3.30. The Balaban J connectivity index is 1.91. The van der Waals surface area contributed by atoms with Crippen molar-refractivity contribution in [2.24, 2.45) is 0 Å². The van der Waals surface area contributed by atoms with Crippen LogP contribution in [0.4, 0.5) is 14.5 Å². The highest BCUT2D eigenvalue weighted by Gasteiger charge is 2.18. The molecule has 0 amide bonds. The molecule has 7 heteroatoms. The summed E-state index contributed by atoms with van der Waals surface area (Å²) in [6, 6.07) is 18.8. The molecule has 0 spiro atoms. The summed E-state index contributed by atoms with van der Waals surface area (Å²) in [7, 11) is -4.04. The zero-order valence-corrected chi connectivity index (χ0v) is 14.5. The van der Waals surface area contributed by atoms with Gasteiger partial charge in [-0.25, -0.2) is 17.2 Å². The predicted octanol–water partition coefficient (Wildman–Crippen LogP) is 4.92. The highest BCUT2D eigenvalue weighted by Crippen LogP contribution is 2.34. The minimum Gasteiger partial charge on any atom is -0.278 e. The molecule has 0 aliphatic rings. The molecule has 1 N–H and O–H groups in total. The molecule has 3 rings (SSSR count). The SMILES string of the molecule is O=S(=O)(Nc1ccccc1Sc1ccccc1)c1ccc(F)c(F)c1. The van der Waals surface area contributed by atoms with Gasteiger partial charge in [-0.05, 0) is 42.5 Å². The fourth-order valence-corrected chi connectivity index (χ4v) is 4.18. The molecule has 0 heterocycles. The predicted molar refractivity (Wildman–Crippen MR) is 94.2 cm³/mol. The standard InChI is InChI=1S/C18H13F2NO2S2/c19-15-11-10-14(12-16(15)20)25(22,23)21-17-8-4-5-9-18(17)24-13-6-2-1-3-7-13/h1-12,21H. The van der Waals surface area contributed by atoms with Crippen LogP contribution in [-0.2, 0) is 10.0 Å². The molecular weight excluding hydrogens is 364 g/mol. The van der Waals surface area contributed by atoms with Gasteiger partial charge in [0.2, 0.25) is 0 Å². The number of rotatable bonds is 5. The van der Waals surface area contributed by atoms with Gasteiger partial charge in [0.15, 0.2) is 11.6 Å². The lowest BCUT2D eigenvalue weighted by atomic mass is 10.3. The Morgan fingerprint density at radius 1 is 0.800 bits per heavy atom. The van der Waals surface area contributed by atoms with Gasteiger partial charge in [0, 0.05) is 9.79 Å². The maximum Gasteiger partial charge on any atom is 0.262 e. The van der Waals surface area contributed by atoms with Gasteiger partial charge in [0.05, 0.1) is 10.6 Å². The van der Waals surface area contributed by atoms with Gasteiger partial charge in [-0.2, -0.15) is 0 Å². The summed E-state index contributed by atoms with van der Waals surface area (Å²) in [5.41, 5.74) is 0.362. The maximum absolute atomic E-state index is 13.3. The zero-order chi connectivity index (χ0) is 17.9. The molecular formula is C18H13F2NO2S2. The second-order valence-electron chi connectivity index (χ2n) is 5.09. The summed E-state index contributed by atoms with van der Waals surface area (Å²) in [6.45, 7) is 0. The van der Waals surface area contributed by atoms with Crippen molar-refractivity contribution in [1.82, 2.24) is 0 Å². The number of nitrogens with one attached hydrogen (secondary N) is 1. The van der Waals surface area contributed by atoms with E-state index in [1.165, 1.54) is 11.8 Å². The molecule has 0 saturated heterocycles. The first-order chi connectivity index (χ1) is 12.0. The molecule has 3 aromatic carbocycles. The molecule has 0 aromatic heterocycles. The third kappa shape index (κ3) is 4.18. The molecule has 0 aliphatic heterocycles. The van der Waals surface area contributed by atoms with Crippen molar-refractivity contribution in [1.29, 1.82) is 0 Å². The van der Waals surface area contributed by atoms with Gasteiger partial charge < -0.3 is 0 Å². The van der Waals surface area contributed by atoms with Crippen molar-refractivity contribution >= 4 is 27.5 Å². The summed E-state index contributed by atoms with van der Waals surface area (Å²) in [4.78, 5) is 1.30. The van der Waals surface area contributed by atoms with E-state index in [-0.39, 0.29) is 4.90 Å². The van der Waals surface area contributed by atoms with E-state index in [9.17, 15) is 17.2 Å². The van der Waals surface area contributed by atoms with Crippen molar-refractivity contribution in [2.45, 2.75) is 14.7 Å². The first kappa shape index (κ1) is 17.4. The van der Waals surface area contributed by atoms with Crippen LogP contribution in [0.3, 0.4) is 0 Å². The summed E-state index contributed by atoms with van der Waals surface area (Å²) in [5.74, 6) is -2.31. The summed E-state index contributed by atoms with van der Waals surface area (Å²) in [5, 5.41) is 0. The van der Waals surface area contributed by atoms with Crippen LogP contribution in [-0.4, -0.2) is 8.42 Å². The van der Waals surface area contributed by atoms with Crippen molar-refractivity contribution in [3.05, 3.63) is 84.4 Å². The van der Waals surface area contributed by atoms with E-state index in [2.05, 4.69) is 4.72 Å². The maximum atomic E-state index is 13.3. The summed E-state index contributed by atoms with van der Waals surface area (Å²) < 4.78 is 53.7. The van der Waals surface area contributed by atoms with E-state index >= 15 is 0 Å². The van der Waals surface area contributed by atoms with Gasteiger partial charge in [-0.1, -0.05) is 42.1 Å². The molecule has 3 aromatic rings. The second kappa shape index (κ2) is 7.25. The Bertz CT molecular complexity index is 993. The third-order valence-corrected chi connectivity index (χ3v) is 5.75. The smallest absolute Gasteiger partial charge is 0.262 e. The average molecular weight is 377 g/mol. The van der Waals surface area contributed by atoms with Crippen LogP contribution in [0.2, 0.25) is 0 Å². The van der Waals surface area contributed by atoms with Crippen LogP contribution in [0.1, 0.15) is 0 Å². The van der Waals surface area contributed by atoms with E-state index in [1.807, 2.05) is 30.3 Å². The molecule has 0 aliphatic carbocycles. The van der Waals surface area contributed by atoms with Crippen molar-refractivity contribution < 1.29 is 17.2 Å². The number of hydrogen-bond donors (Lipinski definition) is 1. The number of para-hydroxylation sites is 1. The fraction of sp³-hybridized carbons (Fsp3) is 0. The van der Waals surface area contributed by atoms with E-state index < -0.39 is 21.7 Å². The van der Waals surface area contributed by atoms with Gasteiger partial charge in [-0.3, -0.25) is 4.72 Å². The topological polar surface area (TPSA) is 46.2 Å². The number of anilines is 1. The molecule has 0 atom stereocenters. The van der Waals surface area contributed by atoms with Crippen LogP contribution in [0.25, 0.3) is 0 Å². The Labute approximate surface area is 148 Å². The highest BCUT2D eigenvalue weighted by molar-refractivity contribution is 7.99. The van der Waals surface area contributed by atoms with Crippen LogP contribution in [0.5, 0.6) is 0 Å². The number of benzene rings is 3. The molecule has 3 nitrogen and oxygen atoms in total. The number of halogens is 2. The number of sulfonamides is 1. The van der Waals surface area contributed by atoms with Crippen LogP contribution >= 0.6 is 11.8 Å². The summed E-state index contributed by atoms with van der Waals surface area (Å²) >= 11 is 1.39. The van der Waals surface area contributed by atoms with E-state index in [0.29, 0.717) is 16.6 Å². The van der Waals surface area contributed by atoms with Gasteiger partial charge in [0.25, 0.3) is 10.0 Å². The molecule has 25 heavy (non-hydrogen) atoms. The van der Waals surface area contributed by atoms with E-state index in [0.717, 1.165) is 17.0 Å². The van der Waals surface area contributed by atoms with Crippen molar-refractivity contribution in [3.8, 4) is 0 Å². The Morgan fingerprint density at radius 2 is 1.48 bits per heavy atom. The van der Waals surface area contributed by atoms with Crippen LogP contribution < -0.4 is 4.72 Å². The zero-order valence-electron chi connectivity index (χ0n) is 12.8. The lowest BCUT2D eigenvalue weighted by molar-refractivity contribution is 0.504. The first-order valence-corrected chi connectivity index (χ1v) is 9.55. The minimum atomic E-state index is -4.04. The normalized spacial score (nSPS) is 11.3.